The molecule has 4 saturated heterocycles. The number of aliphatic hydroxyl groups is 1. The third-order valence-electron chi connectivity index (χ3n) is 15.2. The highest BCUT2D eigenvalue weighted by Gasteiger charge is 2.39. The molecule has 4 aliphatic heterocycles. The number of aryl methyl sites for hydroxylation is 2. The van der Waals surface area contributed by atoms with Crippen LogP contribution in [0.4, 0.5) is 27.8 Å². The second kappa shape index (κ2) is 28.9. The predicted octanol–water partition coefficient (Wildman–Crippen LogP) is 5.61. The minimum Gasteiger partial charge on any atom is -0.480 e. The van der Waals surface area contributed by atoms with Crippen molar-refractivity contribution < 1.29 is 60.5 Å². The molecule has 3 amide bonds. The minimum atomic E-state index is -3.63. The highest BCUT2D eigenvalue weighted by Crippen LogP contribution is 2.38. The van der Waals surface area contributed by atoms with Gasteiger partial charge in [-0.2, -0.15) is 20.7 Å². The van der Waals surface area contributed by atoms with Crippen LogP contribution in [0, 0.1) is 48.3 Å². The summed E-state index contributed by atoms with van der Waals surface area (Å²) in [5.74, 6) is -2.00. The van der Waals surface area contributed by atoms with Crippen molar-refractivity contribution in [1.82, 2.24) is 44.3 Å². The second-order valence-corrected chi connectivity index (χ2v) is 28.1. The van der Waals surface area contributed by atoms with Crippen LogP contribution in [0.15, 0.2) is 60.9 Å². The van der Waals surface area contributed by atoms with E-state index in [2.05, 4.69) is 26.9 Å². The van der Waals surface area contributed by atoms with Crippen molar-refractivity contribution in [2.75, 3.05) is 84.1 Å². The van der Waals surface area contributed by atoms with Gasteiger partial charge in [-0.05, 0) is 110 Å². The van der Waals surface area contributed by atoms with Crippen LogP contribution in [-0.2, 0) is 39.1 Å². The largest absolute Gasteiger partial charge is 0.480 e. The molecule has 4 aliphatic rings. The van der Waals surface area contributed by atoms with Crippen LogP contribution in [0.5, 0.6) is 0 Å². The molecule has 2 aromatic carbocycles. The Kier molecular flexibility index (Phi) is 21.8. The number of hydrogen-bond acceptors (Lipinski definition) is 21. The van der Waals surface area contributed by atoms with Crippen molar-refractivity contribution in [3.8, 4) is 12.1 Å². The summed E-state index contributed by atoms with van der Waals surface area (Å²) in [4.78, 5) is 77.0. The van der Waals surface area contributed by atoms with Crippen LogP contribution in [0.1, 0.15) is 115 Å². The number of aromatic nitrogens is 6. The number of sulfonamides is 2. The standard InChI is InChI=1S/C27H31ClN8O5S.C25H28ClN7O4S.C7H13NO4/c1-16-13-36-24(31-26(16)34-14-17(11-29)23(15-34)41-25(37)12-30)10-21(32-36)22-5-3-4-8-35(22)27(38)19-9-18(28)6-7-20(19)33-42(2,39)40;1-15-12-33-23(28-24(15)31-13-16(11-27)22(34)14-31)10-20(29-33)21-5-3-4-8-32(21)25(35)18-9-17(26)6-7-19(18)30-38(2,36)37;1-7(2,3)12-6(11)8-4-5(9)10/h6-7,9-10,13,17,22-23,33H,3-5,8,12,14-15,30H2,1-2H3;6-7,9-10,12,16,21-22,30,34H,3-5,8,13-14H2,1-2H3;4H2,1-3H3,(H,8,11)(H,9,10)/t17-,22?,23+;16-,21?,22+;/m11./s1. The summed E-state index contributed by atoms with van der Waals surface area (Å²) in [5.41, 5.74) is 9.59. The van der Waals surface area contributed by atoms with Crippen molar-refractivity contribution in [2.24, 2.45) is 17.6 Å². The van der Waals surface area contributed by atoms with E-state index < -0.39 is 74.3 Å². The average molecular weight is 1350 g/mol. The van der Waals surface area contributed by atoms with Crippen molar-refractivity contribution in [3.05, 3.63) is 105 Å². The number of aliphatic carboxylic acids is 1. The molecule has 2 unspecified atom stereocenters. The monoisotopic (exact) mass is 1350 g/mol. The van der Waals surface area contributed by atoms with E-state index in [9.17, 15) is 56.4 Å². The van der Waals surface area contributed by atoms with E-state index in [1.54, 1.807) is 39.6 Å². The number of rotatable bonds is 14. The summed E-state index contributed by atoms with van der Waals surface area (Å²) < 4.78 is 66.0. The molecule has 492 valence electrons. The number of benzene rings is 2. The number of halogens is 2. The van der Waals surface area contributed by atoms with Gasteiger partial charge >= 0.3 is 18.0 Å². The topological polar surface area (TPSA) is 396 Å². The lowest BCUT2D eigenvalue weighted by Crippen LogP contribution is -2.39. The maximum absolute atomic E-state index is 13.8. The lowest BCUT2D eigenvalue weighted by molar-refractivity contribution is -0.147. The molecule has 29 nitrogen and oxygen atoms in total. The van der Waals surface area contributed by atoms with Gasteiger partial charge < -0.3 is 50.3 Å². The molecule has 92 heavy (non-hydrogen) atoms. The van der Waals surface area contributed by atoms with Gasteiger partial charge in [-0.1, -0.05) is 23.2 Å². The number of carboxylic acids is 1. The first-order chi connectivity index (χ1) is 43.3. The molecule has 0 spiro atoms. The Hall–Kier alpha value is -8.59. The molecule has 10 rings (SSSR count). The first-order valence-electron chi connectivity index (χ1n) is 29.3. The fraction of sp³-hybridized carbons (Fsp3) is 0.475. The zero-order valence-corrected chi connectivity index (χ0v) is 54.7. The molecular weight excluding hydrogens is 1280 g/mol. The van der Waals surface area contributed by atoms with Gasteiger partial charge in [-0.25, -0.2) is 40.6 Å². The number of carbonyl (C=O) groups excluding carboxylic acids is 4. The van der Waals surface area contributed by atoms with E-state index in [4.69, 9.17) is 63.7 Å². The highest BCUT2D eigenvalue weighted by atomic mass is 35.5. The number of piperidine rings is 2. The van der Waals surface area contributed by atoms with Crippen LogP contribution in [0.2, 0.25) is 10.0 Å². The third-order valence-corrected chi connectivity index (χ3v) is 16.8. The number of aliphatic hydroxyl groups excluding tert-OH is 1. The Morgan fingerprint density at radius 3 is 1.58 bits per heavy atom. The number of ether oxygens (including phenoxy) is 2. The van der Waals surface area contributed by atoms with E-state index in [1.807, 2.05) is 48.2 Å². The molecule has 0 radical (unpaired) electrons. The second-order valence-electron chi connectivity index (χ2n) is 23.7. The summed E-state index contributed by atoms with van der Waals surface area (Å²) in [6.07, 6.45) is 8.44. The number of esters is 1. The summed E-state index contributed by atoms with van der Waals surface area (Å²) >= 11 is 12.4. The van der Waals surface area contributed by atoms with E-state index in [0.29, 0.717) is 96.5 Å². The molecule has 6 aromatic rings. The number of likely N-dealkylation sites (tertiary alicyclic amines) is 2. The highest BCUT2D eigenvalue weighted by molar-refractivity contribution is 7.92. The Balaban J connectivity index is 0.000000202. The predicted molar refractivity (Wildman–Crippen MR) is 340 cm³/mol. The van der Waals surface area contributed by atoms with Crippen molar-refractivity contribution in [3.63, 3.8) is 0 Å². The molecule has 8 heterocycles. The summed E-state index contributed by atoms with van der Waals surface area (Å²) in [6, 6.07) is 16.3. The summed E-state index contributed by atoms with van der Waals surface area (Å²) in [7, 11) is -7.24. The van der Waals surface area contributed by atoms with Crippen LogP contribution in [0.3, 0.4) is 0 Å². The van der Waals surface area contributed by atoms with Gasteiger partial charge in [0, 0.05) is 78.4 Å². The van der Waals surface area contributed by atoms with Gasteiger partial charge in [0.15, 0.2) is 11.3 Å². The Bertz CT molecular complexity index is 4110. The van der Waals surface area contributed by atoms with Gasteiger partial charge in [0.05, 0.1) is 95.7 Å². The van der Waals surface area contributed by atoms with Crippen LogP contribution in [0.25, 0.3) is 11.3 Å². The van der Waals surface area contributed by atoms with Crippen molar-refractivity contribution in [2.45, 2.75) is 103 Å². The quantitative estimate of drug-likeness (QED) is 0.0722. The van der Waals surface area contributed by atoms with Gasteiger partial charge in [0.1, 0.15) is 35.8 Å². The molecule has 0 aliphatic carbocycles. The molecule has 7 N–H and O–H groups in total. The van der Waals surface area contributed by atoms with E-state index in [-0.39, 0.29) is 52.9 Å². The van der Waals surface area contributed by atoms with E-state index in [1.165, 1.54) is 36.4 Å². The summed E-state index contributed by atoms with van der Waals surface area (Å²) in [6.45, 7) is 10.5. The normalized spacial score (nSPS) is 20.0. The zero-order chi connectivity index (χ0) is 67.1. The van der Waals surface area contributed by atoms with Crippen LogP contribution < -0.4 is 30.3 Å². The lowest BCUT2D eigenvalue weighted by Gasteiger charge is -2.35. The van der Waals surface area contributed by atoms with Crippen molar-refractivity contribution in [1.29, 1.82) is 10.5 Å². The molecule has 0 bridgehead atoms. The Morgan fingerprint density at radius 1 is 0.707 bits per heavy atom. The molecule has 6 atom stereocenters. The average Bonchev–Trinajstić information content (AvgIpc) is 1.58. The molecule has 4 fully saturated rings. The molecule has 0 saturated carbocycles. The number of carboxylic acid groups (broad SMARTS) is 1. The number of nitrogens with zero attached hydrogens (tertiary/aromatic N) is 12. The maximum atomic E-state index is 13.8. The first-order valence-corrected chi connectivity index (χ1v) is 33.8. The SMILES string of the molecule is CC(C)(C)OC(=O)NCC(=O)O.Cc1cn2nc(C3CCCCN3C(=O)c3cc(Cl)ccc3NS(C)(=O)=O)cc2nc1N1C[C@@H](C#N)[C@@H](O)C1.Cc1cn2nc(C3CCCCN3C(=O)c3cc(Cl)ccc3NS(C)(=O)=O)cc2nc1N1C[C@@H](C#N)[C@@H](OC(=O)CN)C1. The molecular formula is C59H72Cl2N16O13S2. The molecule has 4 aromatic heterocycles. The number of nitrogens with two attached hydrogens (primary N) is 1. The number of nitrogens with one attached hydrogen (secondary N) is 3. The number of amides is 3. The fourth-order valence-corrected chi connectivity index (χ4v) is 12.7. The maximum Gasteiger partial charge on any atom is 0.408 e. The Morgan fingerprint density at radius 2 is 1.16 bits per heavy atom. The number of hydrogen-bond donors (Lipinski definition) is 6. The molecule has 33 heteroatoms. The van der Waals surface area contributed by atoms with Gasteiger partial charge in [0.25, 0.3) is 11.8 Å². The number of alkyl carbamates (subject to hydrolysis) is 1. The lowest BCUT2D eigenvalue weighted by atomic mass is 9.98. The van der Waals surface area contributed by atoms with E-state index in [0.717, 1.165) is 49.3 Å². The number of fused-ring (bicyclic) bond motifs is 2. The summed E-state index contributed by atoms with van der Waals surface area (Å²) in [5, 5.41) is 49.5. The smallest absolute Gasteiger partial charge is 0.408 e. The van der Waals surface area contributed by atoms with Crippen LogP contribution in [-0.4, -0.2) is 179 Å². The minimum absolute atomic E-state index is 0.157. The fourth-order valence-electron chi connectivity index (χ4n) is 11.2. The zero-order valence-electron chi connectivity index (χ0n) is 51.5. The van der Waals surface area contributed by atoms with Gasteiger partial charge in [-0.3, -0.25) is 28.6 Å². The number of anilines is 4. The Labute approximate surface area is 541 Å². The van der Waals surface area contributed by atoms with Gasteiger partial charge in [0.2, 0.25) is 20.0 Å². The number of β-amino-alcohol motifs (C(OH)–C–C–N with tert-alkyl or cyclic N) is 1. The first kappa shape index (κ1) is 69.3. The van der Waals surface area contributed by atoms with Gasteiger partial charge in [-0.15, -0.1) is 0 Å². The van der Waals surface area contributed by atoms with E-state index >= 15 is 0 Å². The van der Waals surface area contributed by atoms with Crippen molar-refractivity contribution >= 4 is 107 Å². The number of carbonyl (C=O) groups is 5. The number of nitriles is 2. The van der Waals surface area contributed by atoms with Crippen LogP contribution >= 0.6 is 23.2 Å². The third kappa shape index (κ3) is 17.5.